The van der Waals surface area contributed by atoms with Gasteiger partial charge in [-0.1, -0.05) is 124 Å². The molecular formula is C42H62O. The van der Waals surface area contributed by atoms with Gasteiger partial charge in [-0.15, -0.1) is 0 Å². The summed E-state index contributed by atoms with van der Waals surface area (Å²) in [5, 5.41) is 0. The van der Waals surface area contributed by atoms with Crippen LogP contribution in [0.25, 0.3) is 0 Å². The van der Waals surface area contributed by atoms with Gasteiger partial charge >= 0.3 is 0 Å². The summed E-state index contributed by atoms with van der Waals surface area (Å²) in [4.78, 5) is 0. The van der Waals surface area contributed by atoms with E-state index in [0.717, 1.165) is 13.2 Å². The highest BCUT2D eigenvalue weighted by Gasteiger charge is 2.17. The molecule has 1 heteroatoms. The standard InChI is InChI=1S/C42H62O/c1-3-5-7-9-13-35-17-25-39(26-18-35)41-29-21-37(22-30-41)15-11-33-43-34-12-16-38-23-31-42(32-24-38)40-27-19-36(20-28-40)14-10-8-6-4-2/h17-21,23,25-28,41-42H,3-16,22,24,29-34H2,1-2H3. The van der Waals surface area contributed by atoms with Gasteiger partial charge in [0.15, 0.2) is 0 Å². The Morgan fingerprint density at radius 3 is 1.33 bits per heavy atom. The van der Waals surface area contributed by atoms with E-state index in [1.165, 1.54) is 140 Å². The van der Waals surface area contributed by atoms with Crippen LogP contribution < -0.4 is 0 Å². The Balaban J connectivity index is 1.03. The van der Waals surface area contributed by atoms with E-state index in [2.05, 4.69) is 74.5 Å². The summed E-state index contributed by atoms with van der Waals surface area (Å²) in [6, 6.07) is 19.2. The second kappa shape index (κ2) is 20.0. The number of hydrogen-bond donors (Lipinski definition) is 0. The highest BCUT2D eigenvalue weighted by molar-refractivity contribution is 5.29. The lowest BCUT2D eigenvalue weighted by atomic mass is 9.83. The van der Waals surface area contributed by atoms with Gasteiger partial charge in [0.25, 0.3) is 0 Å². The number of unbranched alkanes of at least 4 members (excludes halogenated alkanes) is 6. The Hall–Kier alpha value is -2.12. The number of allylic oxidation sites excluding steroid dienone is 4. The van der Waals surface area contributed by atoms with Gasteiger partial charge in [-0.05, 0) is 124 Å². The Labute approximate surface area is 265 Å². The first kappa shape index (κ1) is 33.8. The van der Waals surface area contributed by atoms with Crippen molar-refractivity contribution in [1.29, 1.82) is 0 Å². The Morgan fingerprint density at radius 1 is 0.512 bits per heavy atom. The van der Waals surface area contributed by atoms with Gasteiger partial charge < -0.3 is 4.74 Å². The fourth-order valence-electron chi connectivity index (χ4n) is 7.17. The van der Waals surface area contributed by atoms with Crippen molar-refractivity contribution >= 4 is 0 Å². The molecule has 0 saturated heterocycles. The summed E-state index contributed by atoms with van der Waals surface area (Å²) in [5.74, 6) is 1.42. The Bertz CT molecular complexity index is 985. The molecule has 4 rings (SSSR count). The molecule has 2 atom stereocenters. The second-order valence-electron chi connectivity index (χ2n) is 13.6. The molecule has 0 bridgehead atoms. The van der Waals surface area contributed by atoms with Crippen LogP contribution in [0.3, 0.4) is 0 Å². The van der Waals surface area contributed by atoms with Crippen LogP contribution in [0.1, 0.15) is 164 Å². The van der Waals surface area contributed by atoms with Gasteiger partial charge in [-0.25, -0.2) is 0 Å². The van der Waals surface area contributed by atoms with Gasteiger partial charge in [0.05, 0.1) is 0 Å². The molecule has 0 N–H and O–H groups in total. The van der Waals surface area contributed by atoms with Gasteiger partial charge in [0.1, 0.15) is 0 Å². The molecule has 1 nitrogen and oxygen atoms in total. The summed E-state index contributed by atoms with van der Waals surface area (Å²) in [5.41, 5.74) is 9.44. The van der Waals surface area contributed by atoms with E-state index in [-0.39, 0.29) is 0 Å². The van der Waals surface area contributed by atoms with Crippen molar-refractivity contribution < 1.29 is 4.74 Å². The molecule has 43 heavy (non-hydrogen) atoms. The molecule has 0 aromatic heterocycles. The van der Waals surface area contributed by atoms with E-state index >= 15 is 0 Å². The van der Waals surface area contributed by atoms with Gasteiger partial charge in [0, 0.05) is 13.2 Å². The number of aryl methyl sites for hydroxylation is 2. The minimum Gasteiger partial charge on any atom is -0.381 e. The maximum Gasteiger partial charge on any atom is 0.0469 e. The zero-order valence-corrected chi connectivity index (χ0v) is 27.9. The fraction of sp³-hybridized carbons (Fsp3) is 0.619. The first-order valence-corrected chi connectivity index (χ1v) is 18.4. The average molecular weight is 583 g/mol. The molecule has 0 spiro atoms. The number of ether oxygens (including phenoxy) is 1. The average Bonchev–Trinajstić information content (AvgIpc) is 3.06. The van der Waals surface area contributed by atoms with Crippen molar-refractivity contribution in [3.8, 4) is 0 Å². The predicted octanol–water partition coefficient (Wildman–Crippen LogP) is 12.6. The molecule has 2 aromatic carbocycles. The summed E-state index contributed by atoms with van der Waals surface area (Å²) in [6.45, 7) is 6.40. The normalized spacial score (nSPS) is 18.8. The summed E-state index contributed by atoms with van der Waals surface area (Å²) in [6.07, 6.45) is 30.7. The topological polar surface area (TPSA) is 9.23 Å². The van der Waals surface area contributed by atoms with Crippen LogP contribution in [0.2, 0.25) is 0 Å². The minimum absolute atomic E-state index is 0.712. The number of hydrogen-bond acceptors (Lipinski definition) is 1. The molecule has 0 fully saturated rings. The lowest BCUT2D eigenvalue weighted by molar-refractivity contribution is 0.129. The zero-order chi connectivity index (χ0) is 30.0. The van der Waals surface area contributed by atoms with E-state index in [0.29, 0.717) is 11.8 Å². The van der Waals surface area contributed by atoms with Crippen molar-refractivity contribution in [2.24, 2.45) is 0 Å². The largest absolute Gasteiger partial charge is 0.381 e. The molecule has 0 saturated carbocycles. The van der Waals surface area contributed by atoms with E-state index < -0.39 is 0 Å². The SMILES string of the molecule is CCCCCCc1ccc(C2CC=C(CCCOCCCC3=CCC(c4ccc(CCCCCC)cc4)CC3)CC2)cc1. The third-order valence-corrected chi connectivity index (χ3v) is 10.1. The van der Waals surface area contributed by atoms with Crippen molar-refractivity contribution in [3.63, 3.8) is 0 Å². The maximum atomic E-state index is 6.05. The van der Waals surface area contributed by atoms with Crippen LogP contribution in [0.5, 0.6) is 0 Å². The predicted molar refractivity (Wildman–Crippen MR) is 187 cm³/mol. The third kappa shape index (κ3) is 12.4. The third-order valence-electron chi connectivity index (χ3n) is 10.1. The monoisotopic (exact) mass is 582 g/mol. The second-order valence-corrected chi connectivity index (χ2v) is 13.6. The Morgan fingerprint density at radius 2 is 0.953 bits per heavy atom. The van der Waals surface area contributed by atoms with Crippen LogP contribution >= 0.6 is 0 Å². The molecule has 2 unspecified atom stereocenters. The number of rotatable bonds is 20. The van der Waals surface area contributed by atoms with Crippen molar-refractivity contribution in [2.75, 3.05) is 13.2 Å². The summed E-state index contributed by atoms with van der Waals surface area (Å²) < 4.78 is 6.05. The van der Waals surface area contributed by atoms with Crippen molar-refractivity contribution in [1.82, 2.24) is 0 Å². The zero-order valence-electron chi connectivity index (χ0n) is 27.9. The van der Waals surface area contributed by atoms with E-state index in [4.69, 9.17) is 4.74 Å². The number of benzene rings is 2. The molecule has 2 aliphatic rings. The van der Waals surface area contributed by atoms with E-state index in [1.54, 1.807) is 22.3 Å². The molecular weight excluding hydrogens is 520 g/mol. The van der Waals surface area contributed by atoms with Gasteiger partial charge in [-0.3, -0.25) is 0 Å². The van der Waals surface area contributed by atoms with Crippen LogP contribution in [0, 0.1) is 0 Å². The molecule has 0 amide bonds. The van der Waals surface area contributed by atoms with Crippen LogP contribution in [-0.2, 0) is 17.6 Å². The maximum absolute atomic E-state index is 6.05. The van der Waals surface area contributed by atoms with Crippen LogP contribution in [-0.4, -0.2) is 13.2 Å². The minimum atomic E-state index is 0.712. The first-order chi connectivity index (χ1) is 21.2. The highest BCUT2D eigenvalue weighted by Crippen LogP contribution is 2.35. The lowest BCUT2D eigenvalue weighted by Gasteiger charge is -2.23. The molecule has 2 aromatic rings. The molecule has 0 heterocycles. The Kier molecular flexibility index (Phi) is 15.7. The first-order valence-electron chi connectivity index (χ1n) is 18.4. The van der Waals surface area contributed by atoms with Gasteiger partial charge in [0.2, 0.25) is 0 Å². The van der Waals surface area contributed by atoms with Crippen LogP contribution in [0.15, 0.2) is 71.8 Å². The molecule has 0 radical (unpaired) electrons. The van der Waals surface area contributed by atoms with E-state index in [1.807, 2.05) is 0 Å². The summed E-state index contributed by atoms with van der Waals surface area (Å²) in [7, 11) is 0. The molecule has 236 valence electrons. The molecule has 2 aliphatic carbocycles. The van der Waals surface area contributed by atoms with Crippen molar-refractivity contribution in [2.45, 2.75) is 154 Å². The van der Waals surface area contributed by atoms with E-state index in [9.17, 15) is 0 Å². The van der Waals surface area contributed by atoms with Crippen molar-refractivity contribution in [3.05, 3.63) is 94.1 Å². The van der Waals surface area contributed by atoms with Gasteiger partial charge in [-0.2, -0.15) is 0 Å². The quantitative estimate of drug-likeness (QED) is 0.111. The summed E-state index contributed by atoms with van der Waals surface area (Å²) >= 11 is 0. The highest BCUT2D eigenvalue weighted by atomic mass is 16.5. The molecule has 0 aliphatic heterocycles. The lowest BCUT2D eigenvalue weighted by Crippen LogP contribution is -2.06. The fourth-order valence-corrected chi connectivity index (χ4v) is 7.17. The smallest absolute Gasteiger partial charge is 0.0469 e. The van der Waals surface area contributed by atoms with Crippen LogP contribution in [0.4, 0.5) is 0 Å².